The Morgan fingerprint density at radius 2 is 1.76 bits per heavy atom. The van der Waals surface area contributed by atoms with E-state index in [0.717, 1.165) is 5.06 Å². The van der Waals surface area contributed by atoms with E-state index in [2.05, 4.69) is 0 Å². The number of halogens is 1. The number of nitrogens with zero attached hydrogens (tertiary/aromatic N) is 1. The molecule has 1 N–H and O–H groups in total. The topological polar surface area (TPSA) is 40.5 Å². The van der Waals surface area contributed by atoms with Crippen LogP contribution in [0.2, 0.25) is 5.02 Å². The molecule has 0 fully saturated rings. The zero-order chi connectivity index (χ0) is 12.3. The predicted octanol–water partition coefficient (Wildman–Crippen LogP) is 3.11. The summed E-state index contributed by atoms with van der Waals surface area (Å²) in [6, 6.07) is 6.65. The minimum absolute atomic E-state index is 0.138. The predicted molar refractivity (Wildman–Crippen MR) is 67.1 cm³/mol. The summed E-state index contributed by atoms with van der Waals surface area (Å²) < 4.78 is 0. The second-order valence-electron chi connectivity index (χ2n) is 3.49. The van der Waals surface area contributed by atoms with Crippen LogP contribution in [0, 0.1) is 0 Å². The van der Waals surface area contributed by atoms with Gasteiger partial charge in [-0.2, -0.15) is 0 Å². The highest BCUT2D eigenvalue weighted by molar-refractivity contribution is 6.30. The zero-order valence-electron chi connectivity index (χ0n) is 8.88. The molecule has 2 rings (SSSR count). The molecule has 4 heteroatoms. The average Bonchev–Trinajstić information content (AvgIpc) is 2.33. The number of carbonyl (C=O) groups excluding carboxylic acids is 1. The molecule has 1 aliphatic rings. The summed E-state index contributed by atoms with van der Waals surface area (Å²) in [5.41, 5.74) is 0.961. The molecule has 0 saturated heterocycles. The Morgan fingerprint density at radius 3 is 2.41 bits per heavy atom. The van der Waals surface area contributed by atoms with E-state index in [0.29, 0.717) is 16.3 Å². The van der Waals surface area contributed by atoms with Crippen LogP contribution in [0.4, 0.5) is 5.69 Å². The van der Waals surface area contributed by atoms with Crippen molar-refractivity contribution in [2.75, 3.05) is 5.06 Å². The maximum absolute atomic E-state index is 11.4. The van der Waals surface area contributed by atoms with Gasteiger partial charge in [0.2, 0.25) is 0 Å². The van der Waals surface area contributed by atoms with Crippen molar-refractivity contribution in [1.29, 1.82) is 0 Å². The van der Waals surface area contributed by atoms with E-state index in [1.165, 1.54) is 12.3 Å². The van der Waals surface area contributed by atoms with Crippen LogP contribution in [0.25, 0.3) is 0 Å². The number of carbonyl (C=O) groups is 1. The fraction of sp³-hybridized carbons (Fsp3) is 0. The van der Waals surface area contributed by atoms with E-state index < -0.39 is 0 Å². The Balaban J connectivity index is 2.21. The summed E-state index contributed by atoms with van der Waals surface area (Å²) >= 11 is 5.74. The molecule has 0 unspecified atom stereocenters. The number of anilines is 1. The first-order chi connectivity index (χ1) is 8.16. The van der Waals surface area contributed by atoms with Gasteiger partial charge in [-0.1, -0.05) is 23.8 Å². The molecule has 0 aliphatic heterocycles. The normalized spacial score (nSPS) is 16.6. The summed E-state index contributed by atoms with van der Waals surface area (Å²) in [5.74, 6) is -0.138. The zero-order valence-corrected chi connectivity index (χ0v) is 9.63. The number of rotatable bonds is 2. The number of hydrogen-bond donors (Lipinski definition) is 1. The van der Waals surface area contributed by atoms with Gasteiger partial charge in [-0.05, 0) is 36.4 Å². The molecule has 0 heterocycles. The number of benzene rings is 1. The van der Waals surface area contributed by atoms with Crippen LogP contribution in [0.5, 0.6) is 0 Å². The Morgan fingerprint density at radius 1 is 1.12 bits per heavy atom. The number of allylic oxidation sites excluding steroid dienone is 5. The standard InChI is InChI=1S/C13H10ClNO2/c14-11-5-7-12(8-6-11)15(17)9-10-3-1-2-4-13(10)16/h1-9,17H/b10-9-. The summed E-state index contributed by atoms with van der Waals surface area (Å²) in [5, 5.41) is 11.3. The van der Waals surface area contributed by atoms with Crippen LogP contribution < -0.4 is 5.06 Å². The van der Waals surface area contributed by atoms with E-state index in [1.807, 2.05) is 0 Å². The fourth-order valence-corrected chi connectivity index (χ4v) is 1.51. The van der Waals surface area contributed by atoms with Crippen LogP contribution >= 0.6 is 11.6 Å². The summed E-state index contributed by atoms with van der Waals surface area (Å²) in [6.07, 6.45) is 7.85. The molecule has 0 amide bonds. The maximum Gasteiger partial charge on any atom is 0.187 e. The Hall–Kier alpha value is -1.84. The van der Waals surface area contributed by atoms with Crippen LogP contribution in [-0.4, -0.2) is 11.0 Å². The van der Waals surface area contributed by atoms with Gasteiger partial charge in [0.15, 0.2) is 5.78 Å². The van der Waals surface area contributed by atoms with Crippen molar-refractivity contribution in [2.24, 2.45) is 0 Å². The lowest BCUT2D eigenvalue weighted by Crippen LogP contribution is -2.12. The van der Waals surface area contributed by atoms with Crippen molar-refractivity contribution >= 4 is 23.1 Å². The highest BCUT2D eigenvalue weighted by Crippen LogP contribution is 2.18. The van der Waals surface area contributed by atoms with Gasteiger partial charge in [0, 0.05) is 16.8 Å². The van der Waals surface area contributed by atoms with Gasteiger partial charge in [0.05, 0.1) is 5.69 Å². The van der Waals surface area contributed by atoms with Crippen LogP contribution in [-0.2, 0) is 4.79 Å². The molecule has 17 heavy (non-hydrogen) atoms. The monoisotopic (exact) mass is 247 g/mol. The van der Waals surface area contributed by atoms with Gasteiger partial charge in [-0.25, -0.2) is 5.06 Å². The molecule has 0 atom stereocenters. The van der Waals surface area contributed by atoms with Crippen LogP contribution in [0.1, 0.15) is 0 Å². The first-order valence-corrected chi connectivity index (χ1v) is 5.39. The van der Waals surface area contributed by atoms with E-state index in [1.54, 1.807) is 42.5 Å². The van der Waals surface area contributed by atoms with Gasteiger partial charge in [0.25, 0.3) is 0 Å². The lowest BCUT2D eigenvalue weighted by Gasteiger charge is -2.13. The highest BCUT2D eigenvalue weighted by atomic mass is 35.5. The molecular weight excluding hydrogens is 238 g/mol. The highest BCUT2D eigenvalue weighted by Gasteiger charge is 2.08. The van der Waals surface area contributed by atoms with Gasteiger partial charge in [-0.15, -0.1) is 0 Å². The van der Waals surface area contributed by atoms with E-state index >= 15 is 0 Å². The minimum Gasteiger partial charge on any atom is -0.289 e. The second-order valence-corrected chi connectivity index (χ2v) is 3.92. The minimum atomic E-state index is -0.138. The first kappa shape index (κ1) is 11.6. The molecule has 0 bridgehead atoms. The van der Waals surface area contributed by atoms with E-state index in [9.17, 15) is 10.0 Å². The molecule has 0 radical (unpaired) electrons. The maximum atomic E-state index is 11.4. The molecule has 0 saturated carbocycles. The first-order valence-electron chi connectivity index (χ1n) is 5.01. The molecule has 1 aliphatic carbocycles. The molecule has 3 nitrogen and oxygen atoms in total. The van der Waals surface area contributed by atoms with E-state index in [-0.39, 0.29) is 5.78 Å². The summed E-state index contributed by atoms with van der Waals surface area (Å²) in [4.78, 5) is 11.4. The number of hydroxylamine groups is 1. The van der Waals surface area contributed by atoms with Gasteiger partial charge in [0.1, 0.15) is 0 Å². The second kappa shape index (κ2) is 4.99. The quantitative estimate of drug-likeness (QED) is 0.645. The lowest BCUT2D eigenvalue weighted by molar-refractivity contribution is -0.111. The third-order valence-corrected chi connectivity index (χ3v) is 2.52. The Bertz CT molecular complexity index is 515. The van der Waals surface area contributed by atoms with Crippen LogP contribution in [0.15, 0.2) is 60.3 Å². The Labute approximate surface area is 104 Å². The SMILES string of the molecule is O=C1C=CC=C/C1=C/N(O)c1ccc(Cl)cc1. The molecule has 1 aromatic rings. The van der Waals surface area contributed by atoms with Crippen molar-refractivity contribution in [2.45, 2.75) is 0 Å². The van der Waals surface area contributed by atoms with Gasteiger partial charge < -0.3 is 0 Å². The summed E-state index contributed by atoms with van der Waals surface area (Å²) in [6.45, 7) is 0. The Kier molecular flexibility index (Phi) is 3.42. The fourth-order valence-electron chi connectivity index (χ4n) is 1.39. The van der Waals surface area contributed by atoms with Crippen molar-refractivity contribution in [1.82, 2.24) is 0 Å². The molecule has 0 aromatic heterocycles. The molecule has 0 spiro atoms. The van der Waals surface area contributed by atoms with Crippen LogP contribution in [0.3, 0.4) is 0 Å². The number of hydrogen-bond acceptors (Lipinski definition) is 3. The van der Waals surface area contributed by atoms with E-state index in [4.69, 9.17) is 11.6 Å². The lowest BCUT2D eigenvalue weighted by atomic mass is 10.1. The summed E-state index contributed by atoms with van der Waals surface area (Å²) in [7, 11) is 0. The molecule has 86 valence electrons. The third kappa shape index (κ3) is 2.84. The average molecular weight is 248 g/mol. The smallest absolute Gasteiger partial charge is 0.187 e. The van der Waals surface area contributed by atoms with Crippen molar-refractivity contribution < 1.29 is 10.0 Å². The molecular formula is C13H10ClNO2. The van der Waals surface area contributed by atoms with Crippen molar-refractivity contribution in [3.05, 3.63) is 65.4 Å². The van der Waals surface area contributed by atoms with Crippen molar-refractivity contribution in [3.8, 4) is 0 Å². The molecule has 1 aromatic carbocycles. The third-order valence-electron chi connectivity index (χ3n) is 2.27. The van der Waals surface area contributed by atoms with Crippen molar-refractivity contribution in [3.63, 3.8) is 0 Å². The van der Waals surface area contributed by atoms with Gasteiger partial charge in [-0.3, -0.25) is 10.0 Å². The number of ketones is 1. The van der Waals surface area contributed by atoms with Gasteiger partial charge >= 0.3 is 0 Å². The largest absolute Gasteiger partial charge is 0.289 e.